The molecule has 1 aliphatic heterocycles. The van der Waals surface area contributed by atoms with Crippen LogP contribution in [-0.2, 0) is 6.54 Å². The number of thiophene rings is 1. The molecule has 1 amide bonds. The van der Waals surface area contributed by atoms with Gasteiger partial charge < -0.3 is 4.90 Å². The third-order valence-electron chi connectivity index (χ3n) is 3.91. The predicted octanol–water partition coefficient (Wildman–Crippen LogP) is 2.85. The molecule has 112 valence electrons. The number of hydrogen-bond donors (Lipinski definition) is 0. The summed E-state index contributed by atoms with van der Waals surface area (Å²) >= 11 is 7.63. The van der Waals surface area contributed by atoms with Gasteiger partial charge in [0.15, 0.2) is 0 Å². The molecule has 0 atom stereocenters. The molecule has 1 fully saturated rings. The number of halogens is 1. The van der Waals surface area contributed by atoms with Crippen molar-refractivity contribution < 1.29 is 4.79 Å². The van der Waals surface area contributed by atoms with Crippen LogP contribution in [0.2, 0.25) is 5.02 Å². The lowest BCUT2D eigenvalue weighted by Gasteiger charge is -2.31. The summed E-state index contributed by atoms with van der Waals surface area (Å²) in [5.41, 5.74) is 0.978. The van der Waals surface area contributed by atoms with Gasteiger partial charge in [0.1, 0.15) is 4.88 Å². The molecule has 2 aromatic heterocycles. The van der Waals surface area contributed by atoms with E-state index < -0.39 is 0 Å². The number of piperidine rings is 1. The summed E-state index contributed by atoms with van der Waals surface area (Å²) in [6, 6.07) is 0. The number of hydrogen-bond acceptors (Lipinski definition) is 4. The van der Waals surface area contributed by atoms with Crippen LogP contribution >= 0.6 is 22.9 Å². The van der Waals surface area contributed by atoms with Crippen LogP contribution in [-0.4, -0.2) is 38.9 Å². The van der Waals surface area contributed by atoms with E-state index in [1.54, 1.807) is 6.20 Å². The first-order valence-corrected chi connectivity index (χ1v) is 8.28. The highest BCUT2D eigenvalue weighted by molar-refractivity contribution is 7.13. The van der Waals surface area contributed by atoms with Crippen molar-refractivity contribution >= 4 is 28.8 Å². The highest BCUT2D eigenvalue weighted by Gasteiger charge is 2.26. The van der Waals surface area contributed by atoms with Gasteiger partial charge in [-0.3, -0.25) is 9.48 Å². The van der Waals surface area contributed by atoms with Crippen LogP contribution in [0.15, 0.2) is 17.8 Å². The van der Waals surface area contributed by atoms with Crippen LogP contribution < -0.4 is 0 Å². The fraction of sp³-hybridized carbons (Fsp3) is 0.500. The van der Waals surface area contributed by atoms with Gasteiger partial charge in [-0.2, -0.15) is 0 Å². The quantitative estimate of drug-likeness (QED) is 0.872. The highest BCUT2D eigenvalue weighted by atomic mass is 35.5. The minimum atomic E-state index is 0.0669. The molecule has 0 aromatic carbocycles. The predicted molar refractivity (Wildman–Crippen MR) is 82.7 cm³/mol. The van der Waals surface area contributed by atoms with Gasteiger partial charge in [0.2, 0.25) is 0 Å². The van der Waals surface area contributed by atoms with Crippen molar-refractivity contribution in [2.24, 2.45) is 5.92 Å². The minimum absolute atomic E-state index is 0.0669. The minimum Gasteiger partial charge on any atom is -0.338 e. The second-order valence-electron chi connectivity index (χ2n) is 5.42. The smallest absolute Gasteiger partial charge is 0.265 e. The van der Waals surface area contributed by atoms with Crippen molar-refractivity contribution in [3.63, 3.8) is 0 Å². The van der Waals surface area contributed by atoms with E-state index in [0.29, 0.717) is 15.8 Å². The molecule has 7 heteroatoms. The Kier molecular flexibility index (Phi) is 4.26. The lowest BCUT2D eigenvalue weighted by molar-refractivity contribution is 0.0686. The maximum absolute atomic E-state index is 12.5. The second kappa shape index (κ2) is 6.15. The fourth-order valence-corrected chi connectivity index (χ4v) is 3.87. The van der Waals surface area contributed by atoms with Crippen molar-refractivity contribution in [3.05, 3.63) is 33.2 Å². The molecular formula is C14H17ClN4OS. The summed E-state index contributed by atoms with van der Waals surface area (Å²) in [6.45, 7) is 4.37. The zero-order chi connectivity index (χ0) is 14.8. The number of likely N-dealkylation sites (tertiary alicyclic amines) is 1. The third-order valence-corrected chi connectivity index (χ3v) is 5.60. The van der Waals surface area contributed by atoms with E-state index in [-0.39, 0.29) is 5.91 Å². The normalized spacial score (nSPS) is 16.4. The van der Waals surface area contributed by atoms with Crippen LogP contribution in [0.25, 0.3) is 0 Å². The van der Waals surface area contributed by atoms with Crippen molar-refractivity contribution in [2.45, 2.75) is 26.3 Å². The Morgan fingerprint density at radius 2 is 2.24 bits per heavy atom. The van der Waals surface area contributed by atoms with Crippen LogP contribution in [0.1, 0.15) is 28.1 Å². The van der Waals surface area contributed by atoms with E-state index in [4.69, 9.17) is 11.6 Å². The summed E-state index contributed by atoms with van der Waals surface area (Å²) in [4.78, 5) is 15.1. The monoisotopic (exact) mass is 324 g/mol. The molecule has 21 heavy (non-hydrogen) atoms. The number of aryl methyl sites for hydroxylation is 1. The lowest BCUT2D eigenvalue weighted by atomic mass is 9.97. The molecule has 3 rings (SSSR count). The molecule has 2 aromatic rings. The van der Waals surface area contributed by atoms with E-state index in [9.17, 15) is 4.79 Å². The van der Waals surface area contributed by atoms with Crippen molar-refractivity contribution in [3.8, 4) is 0 Å². The zero-order valence-electron chi connectivity index (χ0n) is 11.8. The Hall–Kier alpha value is -1.40. The molecule has 0 saturated carbocycles. The van der Waals surface area contributed by atoms with E-state index in [1.807, 2.05) is 28.1 Å². The van der Waals surface area contributed by atoms with Crippen molar-refractivity contribution in [2.75, 3.05) is 13.1 Å². The van der Waals surface area contributed by atoms with Gasteiger partial charge in [0, 0.05) is 25.8 Å². The number of carbonyl (C=O) groups is 1. The summed E-state index contributed by atoms with van der Waals surface area (Å²) in [5, 5.41) is 10.4. The molecule has 3 heterocycles. The molecule has 0 spiro atoms. The molecule has 0 aliphatic carbocycles. The van der Waals surface area contributed by atoms with Gasteiger partial charge >= 0.3 is 0 Å². The van der Waals surface area contributed by atoms with Gasteiger partial charge in [-0.15, -0.1) is 16.4 Å². The molecule has 0 N–H and O–H groups in total. The Bertz CT molecular complexity index is 617. The van der Waals surface area contributed by atoms with Gasteiger partial charge in [0.25, 0.3) is 5.91 Å². The molecule has 0 bridgehead atoms. The number of carbonyl (C=O) groups excluding carboxylic acids is 1. The van der Waals surface area contributed by atoms with E-state index in [1.165, 1.54) is 11.3 Å². The molecule has 1 saturated heterocycles. The van der Waals surface area contributed by atoms with Crippen molar-refractivity contribution in [1.29, 1.82) is 0 Å². The van der Waals surface area contributed by atoms with Crippen LogP contribution in [0.5, 0.6) is 0 Å². The van der Waals surface area contributed by atoms with Crippen LogP contribution in [0.4, 0.5) is 0 Å². The number of nitrogens with zero attached hydrogens (tertiary/aromatic N) is 4. The van der Waals surface area contributed by atoms with Gasteiger partial charge in [-0.1, -0.05) is 16.8 Å². The second-order valence-corrected chi connectivity index (χ2v) is 6.68. The Morgan fingerprint density at radius 1 is 1.48 bits per heavy atom. The summed E-state index contributed by atoms with van der Waals surface area (Å²) in [6.07, 6.45) is 5.56. The number of amides is 1. The Balaban J connectivity index is 1.58. The molecule has 1 aliphatic rings. The summed E-state index contributed by atoms with van der Waals surface area (Å²) in [7, 11) is 0. The zero-order valence-corrected chi connectivity index (χ0v) is 13.4. The van der Waals surface area contributed by atoms with Crippen molar-refractivity contribution in [1.82, 2.24) is 19.9 Å². The molecule has 0 unspecified atom stereocenters. The van der Waals surface area contributed by atoms with Gasteiger partial charge in [-0.05, 0) is 36.6 Å². The highest BCUT2D eigenvalue weighted by Crippen LogP contribution is 2.29. The Labute approximate surface area is 132 Å². The number of rotatable bonds is 3. The maximum atomic E-state index is 12.5. The summed E-state index contributed by atoms with van der Waals surface area (Å²) in [5.74, 6) is 0.619. The lowest BCUT2D eigenvalue weighted by Crippen LogP contribution is -2.39. The SMILES string of the molecule is Cc1csc(C(=O)N2CCC(Cn3ccnn3)CC2)c1Cl. The van der Waals surface area contributed by atoms with E-state index in [2.05, 4.69) is 10.3 Å². The standard InChI is InChI=1S/C14H17ClN4OS/c1-10-9-21-13(12(10)15)14(20)18-5-2-11(3-6-18)8-19-7-4-16-17-19/h4,7,9,11H,2-3,5-6,8H2,1H3. The Morgan fingerprint density at radius 3 is 2.81 bits per heavy atom. The average Bonchev–Trinajstić information content (AvgIpc) is 3.11. The summed E-state index contributed by atoms with van der Waals surface area (Å²) < 4.78 is 1.86. The average molecular weight is 325 g/mol. The fourth-order valence-electron chi connectivity index (χ4n) is 2.63. The molecule has 5 nitrogen and oxygen atoms in total. The van der Waals surface area contributed by atoms with Gasteiger partial charge in [-0.25, -0.2) is 0 Å². The van der Waals surface area contributed by atoms with Gasteiger partial charge in [0.05, 0.1) is 11.2 Å². The molecular weight excluding hydrogens is 308 g/mol. The first kappa shape index (κ1) is 14.5. The van der Waals surface area contributed by atoms with Crippen LogP contribution in [0, 0.1) is 12.8 Å². The van der Waals surface area contributed by atoms with E-state index in [0.717, 1.165) is 38.0 Å². The molecule has 0 radical (unpaired) electrons. The van der Waals surface area contributed by atoms with Crippen LogP contribution in [0.3, 0.4) is 0 Å². The largest absolute Gasteiger partial charge is 0.338 e. The third kappa shape index (κ3) is 3.11. The maximum Gasteiger partial charge on any atom is 0.265 e. The topological polar surface area (TPSA) is 51.0 Å². The first-order valence-electron chi connectivity index (χ1n) is 7.02. The number of aromatic nitrogens is 3. The van der Waals surface area contributed by atoms with E-state index >= 15 is 0 Å². The first-order chi connectivity index (χ1) is 10.1.